The van der Waals surface area contributed by atoms with E-state index in [0.717, 1.165) is 0 Å². The predicted molar refractivity (Wildman–Crippen MR) is 67.6 cm³/mol. The van der Waals surface area contributed by atoms with Crippen molar-refractivity contribution in [3.63, 3.8) is 0 Å². The summed E-state index contributed by atoms with van der Waals surface area (Å²) in [6.45, 7) is 3.51. The topological polar surface area (TPSA) is 107 Å². The second kappa shape index (κ2) is 7.05. The van der Waals surface area contributed by atoms with Crippen molar-refractivity contribution in [2.45, 2.75) is 12.8 Å². The number of nitrogens with zero attached hydrogens (tertiary/aromatic N) is 3. The van der Waals surface area contributed by atoms with Gasteiger partial charge in [0, 0.05) is 39.0 Å². The van der Waals surface area contributed by atoms with E-state index in [1.54, 1.807) is 4.90 Å². The maximum atomic E-state index is 11.8. The average molecular weight is 269 g/mol. The molecule has 1 aliphatic rings. The summed E-state index contributed by atoms with van der Waals surface area (Å²) in [5, 5.41) is 10.6. The Morgan fingerprint density at radius 3 is 2.89 bits per heavy atom. The zero-order valence-corrected chi connectivity index (χ0v) is 10.8. The number of ether oxygens (including phenoxy) is 1. The highest BCUT2D eigenvalue weighted by molar-refractivity contribution is 5.76. The van der Waals surface area contributed by atoms with Crippen LogP contribution in [0.5, 0.6) is 0 Å². The van der Waals surface area contributed by atoms with Gasteiger partial charge in [0.25, 0.3) is 0 Å². The van der Waals surface area contributed by atoms with Crippen LogP contribution in [0.1, 0.15) is 12.3 Å². The van der Waals surface area contributed by atoms with Crippen LogP contribution in [0, 0.1) is 0 Å². The Balaban J connectivity index is 1.68. The molecule has 1 aliphatic heterocycles. The molecule has 1 aromatic heterocycles. The zero-order chi connectivity index (χ0) is 13.5. The minimum Gasteiger partial charge on any atom is -0.408 e. The molecule has 0 aliphatic carbocycles. The number of hydrogen-bond donors (Lipinski definition) is 2. The summed E-state index contributed by atoms with van der Waals surface area (Å²) in [4.78, 5) is 13.6. The molecule has 8 nitrogen and oxygen atoms in total. The maximum absolute atomic E-state index is 11.8. The molecule has 0 saturated carbocycles. The van der Waals surface area contributed by atoms with Gasteiger partial charge in [-0.1, -0.05) is 5.10 Å². The van der Waals surface area contributed by atoms with Crippen LogP contribution in [0.25, 0.3) is 0 Å². The van der Waals surface area contributed by atoms with Crippen molar-refractivity contribution in [1.82, 2.24) is 15.1 Å². The van der Waals surface area contributed by atoms with Gasteiger partial charge in [-0.3, -0.25) is 4.79 Å². The molecule has 0 radical (unpaired) electrons. The second-order valence-corrected chi connectivity index (χ2v) is 4.21. The fraction of sp³-hybridized carbons (Fsp3) is 0.727. The summed E-state index contributed by atoms with van der Waals surface area (Å²) in [6, 6.07) is 0.332. The molecule has 0 unspecified atom stereocenters. The van der Waals surface area contributed by atoms with Gasteiger partial charge in [-0.05, 0) is 0 Å². The third kappa shape index (κ3) is 4.18. The molecule has 1 aromatic rings. The molecular weight excluding hydrogens is 250 g/mol. The SMILES string of the molecule is NCCc1nnc(NCCC(=O)N2CCOCC2)o1. The summed E-state index contributed by atoms with van der Waals surface area (Å²) >= 11 is 0. The fourth-order valence-corrected chi connectivity index (χ4v) is 1.80. The van der Waals surface area contributed by atoms with E-state index in [4.69, 9.17) is 14.9 Å². The van der Waals surface area contributed by atoms with Crippen LogP contribution in [0.3, 0.4) is 0 Å². The van der Waals surface area contributed by atoms with Crippen molar-refractivity contribution >= 4 is 11.9 Å². The smallest absolute Gasteiger partial charge is 0.315 e. The number of hydrogen-bond acceptors (Lipinski definition) is 7. The Morgan fingerprint density at radius 1 is 1.37 bits per heavy atom. The molecule has 2 rings (SSSR count). The van der Waals surface area contributed by atoms with Crippen LogP contribution < -0.4 is 11.1 Å². The second-order valence-electron chi connectivity index (χ2n) is 4.21. The molecule has 0 bridgehead atoms. The highest BCUT2D eigenvalue weighted by atomic mass is 16.5. The van der Waals surface area contributed by atoms with Crippen molar-refractivity contribution in [3.8, 4) is 0 Å². The molecule has 0 aromatic carbocycles. The Bertz CT molecular complexity index is 403. The molecule has 0 spiro atoms. The monoisotopic (exact) mass is 269 g/mol. The average Bonchev–Trinajstić information content (AvgIpc) is 2.88. The van der Waals surface area contributed by atoms with Crippen molar-refractivity contribution in [3.05, 3.63) is 5.89 Å². The van der Waals surface area contributed by atoms with Crippen LogP contribution in [-0.4, -0.2) is 60.4 Å². The number of nitrogens with two attached hydrogens (primary N) is 1. The largest absolute Gasteiger partial charge is 0.408 e. The summed E-state index contributed by atoms with van der Waals surface area (Å²) in [5.74, 6) is 0.613. The molecule has 8 heteroatoms. The molecule has 0 atom stereocenters. The highest BCUT2D eigenvalue weighted by Gasteiger charge is 2.16. The number of carbonyl (C=O) groups is 1. The van der Waals surface area contributed by atoms with Gasteiger partial charge in [0.05, 0.1) is 13.2 Å². The van der Waals surface area contributed by atoms with E-state index in [1.165, 1.54) is 0 Å². The van der Waals surface area contributed by atoms with E-state index < -0.39 is 0 Å². The Labute approximate surface area is 111 Å². The van der Waals surface area contributed by atoms with Crippen molar-refractivity contribution in [1.29, 1.82) is 0 Å². The highest BCUT2D eigenvalue weighted by Crippen LogP contribution is 2.06. The number of nitrogens with one attached hydrogen (secondary N) is 1. The maximum Gasteiger partial charge on any atom is 0.315 e. The van der Waals surface area contributed by atoms with Gasteiger partial charge in [-0.25, -0.2) is 0 Å². The molecule has 1 amide bonds. The summed E-state index contributed by atoms with van der Waals surface area (Å²) in [5.41, 5.74) is 5.38. The molecule has 1 saturated heterocycles. The zero-order valence-electron chi connectivity index (χ0n) is 10.8. The van der Waals surface area contributed by atoms with Gasteiger partial charge in [-0.2, -0.15) is 0 Å². The van der Waals surface area contributed by atoms with Gasteiger partial charge < -0.3 is 25.1 Å². The minimum absolute atomic E-state index is 0.109. The van der Waals surface area contributed by atoms with Crippen molar-refractivity contribution in [2.75, 3.05) is 44.7 Å². The van der Waals surface area contributed by atoms with Crippen LogP contribution in [-0.2, 0) is 16.0 Å². The first-order chi connectivity index (χ1) is 9.29. The van der Waals surface area contributed by atoms with E-state index in [0.29, 0.717) is 64.1 Å². The lowest BCUT2D eigenvalue weighted by Gasteiger charge is -2.26. The molecule has 19 heavy (non-hydrogen) atoms. The standard InChI is InChI=1S/C11H19N5O3/c12-3-1-9-14-15-11(19-9)13-4-2-10(17)16-5-7-18-8-6-16/h1-8,12H2,(H,13,15). The van der Waals surface area contributed by atoms with Crippen molar-refractivity contribution in [2.24, 2.45) is 5.73 Å². The third-order valence-electron chi connectivity index (χ3n) is 2.80. The van der Waals surface area contributed by atoms with Crippen LogP contribution in [0.4, 0.5) is 6.01 Å². The number of anilines is 1. The van der Waals surface area contributed by atoms with E-state index >= 15 is 0 Å². The van der Waals surface area contributed by atoms with Crippen LogP contribution >= 0.6 is 0 Å². The quantitative estimate of drug-likeness (QED) is 0.698. The Hall–Kier alpha value is -1.67. The number of carbonyl (C=O) groups excluding carboxylic acids is 1. The fourth-order valence-electron chi connectivity index (χ4n) is 1.80. The number of rotatable bonds is 6. The lowest BCUT2D eigenvalue weighted by molar-refractivity contribution is -0.134. The minimum atomic E-state index is 0.109. The number of morpholine rings is 1. The third-order valence-corrected chi connectivity index (χ3v) is 2.80. The first kappa shape index (κ1) is 13.8. The summed E-state index contributed by atoms with van der Waals surface area (Å²) in [7, 11) is 0. The molecule has 106 valence electrons. The van der Waals surface area contributed by atoms with Crippen molar-refractivity contribution < 1.29 is 13.9 Å². The lowest BCUT2D eigenvalue weighted by Crippen LogP contribution is -2.41. The van der Waals surface area contributed by atoms with Gasteiger partial charge >= 0.3 is 6.01 Å². The normalized spacial score (nSPS) is 15.5. The first-order valence-electron chi connectivity index (χ1n) is 6.41. The summed E-state index contributed by atoms with van der Waals surface area (Å²) < 4.78 is 10.5. The Kier molecular flexibility index (Phi) is 5.10. The number of amides is 1. The first-order valence-corrected chi connectivity index (χ1v) is 6.41. The van der Waals surface area contributed by atoms with E-state index in [-0.39, 0.29) is 5.91 Å². The van der Waals surface area contributed by atoms with Gasteiger partial charge in [0.2, 0.25) is 11.8 Å². The molecule has 2 heterocycles. The lowest BCUT2D eigenvalue weighted by atomic mass is 10.3. The van der Waals surface area contributed by atoms with Gasteiger partial charge in [0.1, 0.15) is 0 Å². The van der Waals surface area contributed by atoms with Crippen LogP contribution in [0.15, 0.2) is 4.42 Å². The van der Waals surface area contributed by atoms with Gasteiger partial charge in [0.15, 0.2) is 0 Å². The Morgan fingerprint density at radius 2 is 2.16 bits per heavy atom. The van der Waals surface area contributed by atoms with Crippen LogP contribution in [0.2, 0.25) is 0 Å². The van der Waals surface area contributed by atoms with E-state index in [2.05, 4.69) is 15.5 Å². The van der Waals surface area contributed by atoms with Gasteiger partial charge in [-0.15, -0.1) is 5.10 Å². The summed E-state index contributed by atoms with van der Waals surface area (Å²) in [6.07, 6.45) is 0.954. The van der Waals surface area contributed by atoms with E-state index in [1.807, 2.05) is 0 Å². The number of aromatic nitrogens is 2. The molecule has 3 N–H and O–H groups in total. The van der Waals surface area contributed by atoms with E-state index in [9.17, 15) is 4.79 Å². The molecular formula is C11H19N5O3. The molecule has 1 fully saturated rings. The predicted octanol–water partition coefficient (Wildman–Crippen LogP) is -0.768.